The van der Waals surface area contributed by atoms with E-state index in [0.29, 0.717) is 12.8 Å². The summed E-state index contributed by atoms with van der Waals surface area (Å²) in [5.74, 6) is -7.55. The largest absolute Gasteiger partial charge is 0.454 e. The van der Waals surface area contributed by atoms with E-state index in [9.17, 15) is 48.6 Å². The fourth-order valence-corrected chi connectivity index (χ4v) is 6.87. The monoisotopic (exact) mass is 905 g/mol. The van der Waals surface area contributed by atoms with Crippen molar-refractivity contribution in [3.63, 3.8) is 0 Å². The van der Waals surface area contributed by atoms with Crippen LogP contribution in [0, 0.1) is 17.8 Å². The molecule has 2 rings (SSSR count). The summed E-state index contributed by atoms with van der Waals surface area (Å²) in [5, 5.41) is 38.6. The van der Waals surface area contributed by atoms with E-state index in [1.807, 2.05) is 58.0 Å². The molecule has 1 aliphatic heterocycles. The number of carbonyl (C=O) groups is 8. The molecule has 0 saturated carbocycles. The predicted octanol–water partition coefficient (Wildman–Crippen LogP) is -2.57. The summed E-state index contributed by atoms with van der Waals surface area (Å²) in [7, 11) is 0. The van der Waals surface area contributed by atoms with Crippen molar-refractivity contribution in [3.05, 3.63) is 35.9 Å². The van der Waals surface area contributed by atoms with Crippen molar-refractivity contribution in [1.82, 2.24) is 37.2 Å². The van der Waals surface area contributed by atoms with Gasteiger partial charge in [0, 0.05) is 0 Å². The fraction of sp³-hybridized carbons (Fsp3) is 0.674. The van der Waals surface area contributed by atoms with Gasteiger partial charge in [-0.05, 0) is 81.7 Å². The second kappa shape index (κ2) is 27.2. The Kier molecular flexibility index (Phi) is 23.3. The van der Waals surface area contributed by atoms with Crippen molar-refractivity contribution in [2.45, 2.75) is 154 Å². The second-order valence-electron chi connectivity index (χ2n) is 17.6. The minimum absolute atomic E-state index is 0.0267. The Morgan fingerprint density at radius 2 is 1.28 bits per heavy atom. The molecule has 21 nitrogen and oxygen atoms in total. The maximum atomic E-state index is 13.9. The molecule has 0 bridgehead atoms. The molecule has 64 heavy (non-hydrogen) atoms. The Labute approximate surface area is 375 Å². The predicted molar refractivity (Wildman–Crippen MR) is 236 cm³/mol. The molecule has 1 saturated heterocycles. The standard InChI is InChI=1S/C43H72N10O11/c1-22(2)17-29-40(60)51-31(19-24(5)6)43(63)64-34(35(46)55)33(42(62)47-25(7)36(56)49-29)53-41(61)32(21-54)52-38(58)28(15-11-12-16-44)48-39(59)30(18-23(3)4)50-37(57)27(45)20-26-13-9-8-10-14-26/h8-10,13-14,22-25,27-35,54-55H,11-12,15-21,44-46H2,1-7H3,(H,47,62)(H,48,59)(H,49,56)(H,50,57)(H,51,60)(H,52,58)(H,53,61)/t25-,27-,28+,29-,30+,31-,32-,33?,34+,35?/m0/s1. The Bertz CT molecular complexity index is 1710. The van der Waals surface area contributed by atoms with E-state index in [0.717, 1.165) is 5.56 Å². The maximum absolute atomic E-state index is 13.9. The van der Waals surface area contributed by atoms with Crippen molar-refractivity contribution in [1.29, 1.82) is 0 Å². The zero-order valence-electron chi connectivity index (χ0n) is 38.1. The first-order valence-electron chi connectivity index (χ1n) is 21.9. The highest BCUT2D eigenvalue weighted by molar-refractivity contribution is 5.98. The van der Waals surface area contributed by atoms with Gasteiger partial charge in [0.15, 0.2) is 6.10 Å². The zero-order chi connectivity index (χ0) is 48.3. The Morgan fingerprint density at radius 1 is 0.719 bits per heavy atom. The third-order valence-electron chi connectivity index (χ3n) is 10.3. The third-order valence-corrected chi connectivity index (χ3v) is 10.3. The number of hydrogen-bond donors (Lipinski definition) is 12. The summed E-state index contributed by atoms with van der Waals surface area (Å²) in [6.45, 7) is 11.4. The third kappa shape index (κ3) is 18.5. The summed E-state index contributed by atoms with van der Waals surface area (Å²) >= 11 is 0. The Balaban J connectivity index is 2.42. The second-order valence-corrected chi connectivity index (χ2v) is 17.6. The van der Waals surface area contributed by atoms with E-state index in [4.69, 9.17) is 21.9 Å². The lowest BCUT2D eigenvalue weighted by Crippen LogP contribution is -2.65. The molecular formula is C43H72N10O11. The number of aliphatic hydroxyl groups excluding tert-OH is 2. The van der Waals surface area contributed by atoms with Gasteiger partial charge < -0.3 is 69.4 Å². The molecule has 0 radical (unpaired) electrons. The molecule has 15 N–H and O–H groups in total. The highest BCUT2D eigenvalue weighted by Crippen LogP contribution is 2.15. The molecule has 21 heteroatoms. The summed E-state index contributed by atoms with van der Waals surface area (Å²) in [6, 6.07) is -1.97. The van der Waals surface area contributed by atoms with Gasteiger partial charge in [-0.25, -0.2) is 4.79 Å². The van der Waals surface area contributed by atoms with Crippen LogP contribution in [-0.4, -0.2) is 131 Å². The van der Waals surface area contributed by atoms with Crippen molar-refractivity contribution < 1.29 is 53.3 Å². The van der Waals surface area contributed by atoms with Gasteiger partial charge in [-0.2, -0.15) is 0 Å². The first-order valence-corrected chi connectivity index (χ1v) is 21.9. The van der Waals surface area contributed by atoms with Gasteiger partial charge in [0.1, 0.15) is 48.5 Å². The highest BCUT2D eigenvalue weighted by Gasteiger charge is 2.42. The molecular weight excluding hydrogens is 833 g/mol. The number of nitrogens with one attached hydrogen (secondary N) is 7. The van der Waals surface area contributed by atoms with Crippen LogP contribution in [0.15, 0.2) is 30.3 Å². The smallest absolute Gasteiger partial charge is 0.329 e. The number of unbranched alkanes of at least 4 members (excludes halogenated alkanes) is 1. The number of rotatable bonds is 22. The summed E-state index contributed by atoms with van der Waals surface area (Å²) in [6.07, 6.45) is -2.73. The van der Waals surface area contributed by atoms with E-state index < -0.39 is 115 Å². The van der Waals surface area contributed by atoms with E-state index >= 15 is 0 Å². The SMILES string of the molecule is CC(C)C[C@@H]1NC(=O)[C@H](C)NC(=O)C(NC(=O)[C@H](CO)NC(=O)[C@@H](CCCCN)NC(=O)[C@@H](CC(C)C)NC(=O)[C@@H](N)Cc2ccccc2)[C@H](C(N)O)OC(=O)[C@H](CC(C)C)NC1=O. The first-order chi connectivity index (χ1) is 30.1. The molecule has 1 aliphatic rings. The van der Waals surface area contributed by atoms with Crippen molar-refractivity contribution in [3.8, 4) is 0 Å². The van der Waals surface area contributed by atoms with Gasteiger partial charge in [-0.15, -0.1) is 0 Å². The Morgan fingerprint density at radius 3 is 1.84 bits per heavy atom. The number of nitrogens with two attached hydrogens (primary N) is 3. The van der Waals surface area contributed by atoms with Gasteiger partial charge in [-0.1, -0.05) is 71.9 Å². The average molecular weight is 905 g/mol. The quantitative estimate of drug-likeness (QED) is 0.0324. The van der Waals surface area contributed by atoms with Gasteiger partial charge in [-0.3, -0.25) is 33.6 Å². The van der Waals surface area contributed by atoms with Crippen molar-refractivity contribution >= 4 is 47.3 Å². The molecule has 1 aromatic carbocycles. The fourth-order valence-electron chi connectivity index (χ4n) is 6.87. The summed E-state index contributed by atoms with van der Waals surface area (Å²) < 4.78 is 5.55. The number of carbonyl (C=O) groups excluding carboxylic acids is 8. The van der Waals surface area contributed by atoms with Crippen LogP contribution in [0.25, 0.3) is 0 Å². The molecule has 0 spiro atoms. The molecule has 360 valence electrons. The minimum Gasteiger partial charge on any atom is -0.454 e. The van der Waals surface area contributed by atoms with E-state index in [2.05, 4.69) is 37.2 Å². The number of hydrogen-bond acceptors (Lipinski definition) is 14. The first kappa shape index (κ1) is 54.9. The van der Waals surface area contributed by atoms with Crippen molar-refractivity contribution in [2.24, 2.45) is 35.0 Å². The average Bonchev–Trinajstić information content (AvgIpc) is 3.22. The number of benzene rings is 1. The van der Waals surface area contributed by atoms with Gasteiger partial charge >= 0.3 is 5.97 Å². The number of ether oxygens (including phenoxy) is 1. The van der Waals surface area contributed by atoms with E-state index in [-0.39, 0.29) is 56.4 Å². The van der Waals surface area contributed by atoms with E-state index in [1.54, 1.807) is 13.8 Å². The number of aliphatic hydroxyl groups is 2. The lowest BCUT2D eigenvalue weighted by Gasteiger charge is -2.32. The van der Waals surface area contributed by atoms with Crippen LogP contribution in [-0.2, 0) is 49.5 Å². The number of cyclic esters (lactones) is 1. The molecule has 1 aromatic rings. The van der Waals surface area contributed by atoms with Gasteiger partial charge in [0.05, 0.1) is 12.6 Å². The van der Waals surface area contributed by atoms with Gasteiger partial charge in [0.2, 0.25) is 41.4 Å². The highest BCUT2D eigenvalue weighted by atomic mass is 16.6. The van der Waals surface area contributed by atoms with Gasteiger partial charge in [0.25, 0.3) is 0 Å². The lowest BCUT2D eigenvalue weighted by atomic mass is 10.00. The Hall–Kier alpha value is -5.22. The topological polar surface area (TPSA) is 349 Å². The van der Waals surface area contributed by atoms with Crippen molar-refractivity contribution in [2.75, 3.05) is 13.2 Å². The van der Waals surface area contributed by atoms with Crippen LogP contribution in [0.1, 0.15) is 92.6 Å². The molecule has 1 fully saturated rings. The summed E-state index contributed by atoms with van der Waals surface area (Å²) in [5.41, 5.74) is 18.5. The molecule has 1 heterocycles. The molecule has 10 atom stereocenters. The zero-order valence-corrected chi connectivity index (χ0v) is 38.1. The molecule has 0 aliphatic carbocycles. The summed E-state index contributed by atoms with van der Waals surface area (Å²) in [4.78, 5) is 109. The number of esters is 1. The van der Waals surface area contributed by atoms with Crippen LogP contribution >= 0.6 is 0 Å². The van der Waals surface area contributed by atoms with Crippen LogP contribution < -0.4 is 54.4 Å². The maximum Gasteiger partial charge on any atom is 0.329 e. The van der Waals surface area contributed by atoms with Crippen LogP contribution in [0.2, 0.25) is 0 Å². The van der Waals surface area contributed by atoms with Crippen LogP contribution in [0.3, 0.4) is 0 Å². The molecule has 0 aromatic heterocycles. The van der Waals surface area contributed by atoms with Crippen LogP contribution in [0.5, 0.6) is 0 Å². The van der Waals surface area contributed by atoms with E-state index in [1.165, 1.54) is 6.92 Å². The van der Waals surface area contributed by atoms with Crippen LogP contribution in [0.4, 0.5) is 0 Å². The lowest BCUT2D eigenvalue weighted by molar-refractivity contribution is -0.164. The number of amides is 7. The molecule has 2 unspecified atom stereocenters. The minimum atomic E-state index is -2.13. The molecule has 7 amide bonds. The normalized spacial score (nSPS) is 22.2.